The lowest BCUT2D eigenvalue weighted by Crippen LogP contribution is -2.36. The standard InChI is InChI=1S/C20H19N3O4S2/c1-26-20(25)14-11-13(23-6-8-27-9-7-23)4-5-15(14)21-18(24)16-12-29-19(22-16)17-3-2-10-28-17/h2-5,10-12H,6-9H2,1H3,(H,21,24). The van der Waals surface area contributed by atoms with Crippen molar-refractivity contribution in [3.05, 3.63) is 52.3 Å². The molecule has 4 rings (SSSR count). The van der Waals surface area contributed by atoms with Crippen LogP contribution in [0, 0.1) is 0 Å². The van der Waals surface area contributed by atoms with Gasteiger partial charge in [0.05, 0.1) is 36.5 Å². The van der Waals surface area contributed by atoms with Crippen LogP contribution in [0.1, 0.15) is 20.8 Å². The van der Waals surface area contributed by atoms with Gasteiger partial charge in [-0.1, -0.05) is 6.07 Å². The van der Waals surface area contributed by atoms with Crippen LogP contribution in [-0.2, 0) is 9.47 Å². The molecule has 0 radical (unpaired) electrons. The number of nitrogens with zero attached hydrogens (tertiary/aromatic N) is 2. The molecule has 7 nitrogen and oxygen atoms in total. The molecule has 0 aliphatic carbocycles. The highest BCUT2D eigenvalue weighted by atomic mass is 32.1. The van der Waals surface area contributed by atoms with Gasteiger partial charge in [0, 0.05) is 24.2 Å². The Balaban J connectivity index is 1.57. The highest BCUT2D eigenvalue weighted by Gasteiger charge is 2.20. The fourth-order valence-electron chi connectivity index (χ4n) is 3.02. The van der Waals surface area contributed by atoms with Crippen molar-refractivity contribution in [3.8, 4) is 9.88 Å². The van der Waals surface area contributed by atoms with Gasteiger partial charge in [0.1, 0.15) is 10.7 Å². The summed E-state index contributed by atoms with van der Waals surface area (Å²) in [6.07, 6.45) is 0. The molecule has 0 atom stereocenters. The van der Waals surface area contributed by atoms with Crippen LogP contribution in [-0.4, -0.2) is 50.3 Å². The van der Waals surface area contributed by atoms with E-state index in [9.17, 15) is 9.59 Å². The zero-order chi connectivity index (χ0) is 20.2. The number of thiazole rings is 1. The molecular formula is C20H19N3O4S2. The van der Waals surface area contributed by atoms with E-state index in [4.69, 9.17) is 9.47 Å². The Bertz CT molecular complexity index is 1010. The molecule has 29 heavy (non-hydrogen) atoms. The zero-order valence-electron chi connectivity index (χ0n) is 15.7. The van der Waals surface area contributed by atoms with Crippen molar-refractivity contribution in [2.45, 2.75) is 0 Å². The van der Waals surface area contributed by atoms with Crippen LogP contribution >= 0.6 is 22.7 Å². The Morgan fingerprint density at radius 1 is 1.21 bits per heavy atom. The third-order valence-electron chi connectivity index (χ3n) is 4.50. The molecular weight excluding hydrogens is 410 g/mol. The Morgan fingerprint density at radius 3 is 2.76 bits per heavy atom. The van der Waals surface area contributed by atoms with Crippen molar-refractivity contribution in [2.24, 2.45) is 0 Å². The second kappa shape index (κ2) is 8.73. The first-order valence-corrected chi connectivity index (χ1v) is 10.8. The third-order valence-corrected chi connectivity index (χ3v) is 6.38. The SMILES string of the molecule is COC(=O)c1cc(N2CCOCC2)ccc1NC(=O)c1csc(-c2cccs2)n1. The first-order chi connectivity index (χ1) is 14.2. The van der Waals surface area contributed by atoms with Gasteiger partial charge in [-0.2, -0.15) is 0 Å². The summed E-state index contributed by atoms with van der Waals surface area (Å²) >= 11 is 2.98. The summed E-state index contributed by atoms with van der Waals surface area (Å²) in [6.45, 7) is 2.78. The highest BCUT2D eigenvalue weighted by molar-refractivity contribution is 7.20. The molecule has 0 spiro atoms. The van der Waals surface area contributed by atoms with E-state index < -0.39 is 5.97 Å². The highest BCUT2D eigenvalue weighted by Crippen LogP contribution is 2.29. The molecule has 1 aliphatic heterocycles. The molecule has 1 aliphatic rings. The fraction of sp³-hybridized carbons (Fsp3) is 0.250. The predicted octanol–water partition coefficient (Wildman–Crippen LogP) is 3.75. The maximum absolute atomic E-state index is 12.7. The van der Waals surface area contributed by atoms with Crippen LogP contribution < -0.4 is 10.2 Å². The van der Waals surface area contributed by atoms with Crippen molar-refractivity contribution in [2.75, 3.05) is 43.6 Å². The molecule has 0 bridgehead atoms. The number of benzene rings is 1. The van der Waals surface area contributed by atoms with Crippen LogP contribution in [0.2, 0.25) is 0 Å². The molecule has 1 aromatic carbocycles. The number of thiophene rings is 1. The van der Waals surface area contributed by atoms with Crippen molar-refractivity contribution < 1.29 is 19.1 Å². The van der Waals surface area contributed by atoms with E-state index in [1.54, 1.807) is 28.8 Å². The number of ether oxygens (including phenoxy) is 2. The van der Waals surface area contributed by atoms with Crippen LogP contribution in [0.25, 0.3) is 9.88 Å². The lowest BCUT2D eigenvalue weighted by molar-refractivity contribution is 0.0602. The molecule has 1 N–H and O–H groups in total. The monoisotopic (exact) mass is 429 g/mol. The normalized spacial score (nSPS) is 13.9. The number of esters is 1. The third kappa shape index (κ3) is 4.31. The van der Waals surface area contributed by atoms with Crippen LogP contribution in [0.4, 0.5) is 11.4 Å². The Hall–Kier alpha value is -2.75. The lowest BCUT2D eigenvalue weighted by Gasteiger charge is -2.29. The molecule has 0 unspecified atom stereocenters. The fourth-order valence-corrected chi connectivity index (χ4v) is 4.63. The smallest absolute Gasteiger partial charge is 0.340 e. The molecule has 9 heteroatoms. The maximum atomic E-state index is 12.7. The van der Waals surface area contributed by atoms with Crippen molar-refractivity contribution in [3.63, 3.8) is 0 Å². The largest absolute Gasteiger partial charge is 0.465 e. The number of morpholine rings is 1. The van der Waals surface area contributed by atoms with E-state index in [2.05, 4.69) is 15.2 Å². The minimum atomic E-state index is -0.507. The number of aromatic nitrogens is 1. The van der Waals surface area contributed by atoms with E-state index in [-0.39, 0.29) is 5.91 Å². The quantitative estimate of drug-likeness (QED) is 0.622. The van der Waals surface area contributed by atoms with E-state index in [0.717, 1.165) is 28.7 Å². The number of methoxy groups -OCH3 is 1. The summed E-state index contributed by atoms with van der Waals surface area (Å²) in [7, 11) is 1.32. The molecule has 3 heterocycles. The number of hydrogen-bond acceptors (Lipinski definition) is 8. The van der Waals surface area contributed by atoms with Gasteiger partial charge in [0.25, 0.3) is 5.91 Å². The van der Waals surface area contributed by atoms with Gasteiger partial charge in [0.15, 0.2) is 0 Å². The van der Waals surface area contributed by atoms with Gasteiger partial charge < -0.3 is 19.7 Å². The summed E-state index contributed by atoms with van der Waals surface area (Å²) in [6, 6.07) is 9.25. The van der Waals surface area contributed by atoms with Gasteiger partial charge in [-0.3, -0.25) is 4.79 Å². The molecule has 1 fully saturated rings. The topological polar surface area (TPSA) is 80.8 Å². The van der Waals surface area contributed by atoms with E-state index in [1.165, 1.54) is 18.4 Å². The second-order valence-corrected chi connectivity index (χ2v) is 8.10. The van der Waals surface area contributed by atoms with Gasteiger partial charge in [0.2, 0.25) is 0 Å². The van der Waals surface area contributed by atoms with Gasteiger partial charge in [-0.25, -0.2) is 9.78 Å². The van der Waals surface area contributed by atoms with Crippen LogP contribution in [0.15, 0.2) is 41.1 Å². The average Bonchev–Trinajstić information content (AvgIpc) is 3.46. The molecule has 3 aromatic rings. The average molecular weight is 430 g/mol. The summed E-state index contributed by atoms with van der Waals surface area (Å²) in [4.78, 5) is 32.6. The number of nitrogens with one attached hydrogen (secondary N) is 1. The molecule has 2 aromatic heterocycles. The summed E-state index contributed by atoms with van der Waals surface area (Å²) in [5, 5.41) is 7.27. The van der Waals surface area contributed by atoms with Crippen molar-refractivity contribution >= 4 is 45.9 Å². The van der Waals surface area contributed by atoms with Gasteiger partial charge >= 0.3 is 5.97 Å². The summed E-state index contributed by atoms with van der Waals surface area (Å²) in [5.74, 6) is -0.874. The Labute approximate surface area is 175 Å². The maximum Gasteiger partial charge on any atom is 0.340 e. The van der Waals surface area contributed by atoms with Crippen LogP contribution in [0.3, 0.4) is 0 Å². The Morgan fingerprint density at radius 2 is 2.03 bits per heavy atom. The second-order valence-electron chi connectivity index (χ2n) is 6.29. The van der Waals surface area contributed by atoms with E-state index in [1.807, 2.05) is 23.6 Å². The summed E-state index contributed by atoms with van der Waals surface area (Å²) in [5.41, 5.74) is 1.90. The Kier molecular flexibility index (Phi) is 5.89. The first-order valence-electron chi connectivity index (χ1n) is 9.01. The lowest BCUT2D eigenvalue weighted by atomic mass is 10.1. The van der Waals surface area contributed by atoms with E-state index >= 15 is 0 Å². The van der Waals surface area contributed by atoms with Crippen molar-refractivity contribution in [1.82, 2.24) is 4.98 Å². The van der Waals surface area contributed by atoms with Gasteiger partial charge in [-0.15, -0.1) is 22.7 Å². The minimum absolute atomic E-state index is 0.304. The summed E-state index contributed by atoms with van der Waals surface area (Å²) < 4.78 is 10.3. The minimum Gasteiger partial charge on any atom is -0.465 e. The molecule has 1 saturated heterocycles. The molecule has 0 saturated carbocycles. The number of anilines is 2. The number of carbonyl (C=O) groups is 2. The number of hydrogen-bond donors (Lipinski definition) is 1. The number of amides is 1. The van der Waals surface area contributed by atoms with E-state index in [0.29, 0.717) is 30.2 Å². The predicted molar refractivity (Wildman–Crippen MR) is 114 cm³/mol. The van der Waals surface area contributed by atoms with Gasteiger partial charge in [-0.05, 0) is 29.6 Å². The first kappa shape index (κ1) is 19.6. The zero-order valence-corrected chi connectivity index (χ0v) is 17.3. The number of rotatable bonds is 5. The van der Waals surface area contributed by atoms with Crippen molar-refractivity contribution in [1.29, 1.82) is 0 Å². The van der Waals surface area contributed by atoms with Crippen LogP contribution in [0.5, 0.6) is 0 Å². The number of carbonyl (C=O) groups excluding carboxylic acids is 2. The molecule has 150 valence electrons. The molecule has 1 amide bonds.